The van der Waals surface area contributed by atoms with Crippen LogP contribution in [0.15, 0.2) is 18.3 Å². The summed E-state index contributed by atoms with van der Waals surface area (Å²) in [6, 6.07) is 3.96. The summed E-state index contributed by atoms with van der Waals surface area (Å²) in [4.78, 5) is 4.24. The summed E-state index contributed by atoms with van der Waals surface area (Å²) >= 11 is 5.74. The zero-order valence-electron chi connectivity index (χ0n) is 8.00. The van der Waals surface area contributed by atoms with E-state index in [0.717, 1.165) is 12.1 Å². The third-order valence-corrected chi connectivity index (χ3v) is 2.55. The number of rotatable bonds is 3. The fourth-order valence-electron chi connectivity index (χ4n) is 1.23. The Morgan fingerprint density at radius 1 is 1.54 bits per heavy atom. The Bertz CT molecular complexity index is 258. The first-order chi connectivity index (χ1) is 6.15. The van der Waals surface area contributed by atoms with Crippen molar-refractivity contribution in [2.45, 2.75) is 32.2 Å². The van der Waals surface area contributed by atoms with Crippen LogP contribution in [0.4, 0.5) is 0 Å². The van der Waals surface area contributed by atoms with Crippen molar-refractivity contribution in [2.24, 2.45) is 5.73 Å². The minimum Gasteiger partial charge on any atom is -0.327 e. The molecule has 2 N–H and O–H groups in total. The normalized spacial score (nSPS) is 15.4. The molecule has 2 atom stereocenters. The Balaban J connectivity index is 2.77. The fraction of sp³-hybridized carbons (Fsp3) is 0.500. The van der Waals surface area contributed by atoms with Crippen molar-refractivity contribution in [3.05, 3.63) is 29.0 Å². The molecule has 0 aliphatic carbocycles. The lowest BCUT2D eigenvalue weighted by atomic mass is 9.97. The van der Waals surface area contributed by atoms with Crippen molar-refractivity contribution in [1.82, 2.24) is 4.98 Å². The van der Waals surface area contributed by atoms with E-state index in [9.17, 15) is 0 Å². The van der Waals surface area contributed by atoms with Gasteiger partial charge in [-0.1, -0.05) is 25.4 Å². The van der Waals surface area contributed by atoms with Gasteiger partial charge in [0.25, 0.3) is 0 Å². The molecule has 0 aliphatic rings. The maximum Gasteiger partial charge on any atom is 0.0589 e. The molecule has 0 bridgehead atoms. The first kappa shape index (κ1) is 10.5. The molecule has 1 aromatic rings. The van der Waals surface area contributed by atoms with Crippen LogP contribution in [0.1, 0.15) is 31.9 Å². The summed E-state index contributed by atoms with van der Waals surface area (Å²) < 4.78 is 0. The number of hydrogen-bond donors (Lipinski definition) is 1. The third-order valence-electron chi connectivity index (χ3n) is 2.33. The first-order valence-corrected chi connectivity index (χ1v) is 4.90. The van der Waals surface area contributed by atoms with E-state index in [1.165, 1.54) is 0 Å². The van der Waals surface area contributed by atoms with Gasteiger partial charge in [0, 0.05) is 23.9 Å². The summed E-state index contributed by atoms with van der Waals surface area (Å²) in [5.41, 5.74) is 6.93. The second-order valence-electron chi connectivity index (χ2n) is 3.26. The second kappa shape index (κ2) is 4.58. The third kappa shape index (κ3) is 2.68. The topological polar surface area (TPSA) is 38.9 Å². The quantitative estimate of drug-likeness (QED) is 0.811. The minimum absolute atomic E-state index is 0.175. The lowest BCUT2D eigenvalue weighted by molar-refractivity contribution is 0.541. The molecule has 1 heterocycles. The van der Waals surface area contributed by atoms with E-state index < -0.39 is 0 Å². The zero-order valence-corrected chi connectivity index (χ0v) is 8.75. The van der Waals surface area contributed by atoms with Crippen LogP contribution in [0.2, 0.25) is 5.02 Å². The van der Waals surface area contributed by atoms with Gasteiger partial charge in [-0.3, -0.25) is 4.98 Å². The van der Waals surface area contributed by atoms with E-state index in [0.29, 0.717) is 10.9 Å². The van der Waals surface area contributed by atoms with Crippen LogP contribution in [0, 0.1) is 0 Å². The van der Waals surface area contributed by atoms with Gasteiger partial charge >= 0.3 is 0 Å². The number of pyridine rings is 1. The van der Waals surface area contributed by atoms with Gasteiger partial charge < -0.3 is 5.73 Å². The van der Waals surface area contributed by atoms with Gasteiger partial charge in [0.2, 0.25) is 0 Å². The van der Waals surface area contributed by atoms with E-state index in [1.54, 1.807) is 6.20 Å². The van der Waals surface area contributed by atoms with Crippen molar-refractivity contribution in [1.29, 1.82) is 0 Å². The Morgan fingerprint density at radius 2 is 2.23 bits per heavy atom. The minimum atomic E-state index is 0.175. The molecule has 1 aromatic heterocycles. The molecule has 2 unspecified atom stereocenters. The molecule has 0 saturated heterocycles. The number of hydrogen-bond acceptors (Lipinski definition) is 2. The van der Waals surface area contributed by atoms with Crippen LogP contribution in [0.3, 0.4) is 0 Å². The van der Waals surface area contributed by atoms with Crippen LogP contribution in [0.25, 0.3) is 0 Å². The lowest BCUT2D eigenvalue weighted by Gasteiger charge is -2.17. The first-order valence-electron chi connectivity index (χ1n) is 4.52. The Hall–Kier alpha value is -0.600. The molecule has 0 aliphatic heterocycles. The highest BCUT2D eigenvalue weighted by atomic mass is 35.5. The largest absolute Gasteiger partial charge is 0.327 e. The van der Waals surface area contributed by atoms with Gasteiger partial charge in [-0.15, -0.1) is 0 Å². The van der Waals surface area contributed by atoms with Crippen molar-refractivity contribution >= 4 is 11.6 Å². The summed E-state index contributed by atoms with van der Waals surface area (Å²) in [6.07, 6.45) is 2.63. The van der Waals surface area contributed by atoms with E-state index >= 15 is 0 Å². The average molecular weight is 199 g/mol. The summed E-state index contributed by atoms with van der Waals surface area (Å²) in [7, 11) is 0. The molecule has 72 valence electrons. The molecule has 0 amide bonds. The van der Waals surface area contributed by atoms with Crippen molar-refractivity contribution in [3.8, 4) is 0 Å². The molecule has 0 aromatic carbocycles. The monoisotopic (exact) mass is 198 g/mol. The summed E-state index contributed by atoms with van der Waals surface area (Å²) in [5, 5.41) is 0.668. The molecule has 3 heteroatoms. The van der Waals surface area contributed by atoms with E-state index in [-0.39, 0.29) is 6.04 Å². The van der Waals surface area contributed by atoms with Crippen molar-refractivity contribution < 1.29 is 0 Å². The molecule has 13 heavy (non-hydrogen) atoms. The van der Waals surface area contributed by atoms with Gasteiger partial charge in [-0.05, 0) is 18.6 Å². The van der Waals surface area contributed by atoms with Gasteiger partial charge in [0.15, 0.2) is 0 Å². The summed E-state index contributed by atoms with van der Waals surface area (Å²) in [6.45, 7) is 4.17. The average Bonchev–Trinajstić information content (AvgIpc) is 2.17. The fourth-order valence-corrected chi connectivity index (χ4v) is 1.34. The Morgan fingerprint density at radius 3 is 2.69 bits per heavy atom. The van der Waals surface area contributed by atoms with Gasteiger partial charge in [0.05, 0.1) is 5.02 Å². The van der Waals surface area contributed by atoms with Gasteiger partial charge in [-0.25, -0.2) is 0 Å². The molecular weight excluding hydrogens is 184 g/mol. The highest BCUT2D eigenvalue weighted by Gasteiger charge is 2.13. The number of nitrogens with two attached hydrogens (primary N) is 1. The molecule has 0 saturated carbocycles. The molecule has 1 rings (SSSR count). The van der Waals surface area contributed by atoms with Crippen LogP contribution >= 0.6 is 11.6 Å². The van der Waals surface area contributed by atoms with Crippen molar-refractivity contribution in [3.63, 3.8) is 0 Å². The number of halogens is 1. The molecule has 0 fully saturated rings. The maximum atomic E-state index is 5.91. The van der Waals surface area contributed by atoms with Gasteiger partial charge in [0.1, 0.15) is 0 Å². The van der Waals surface area contributed by atoms with Crippen LogP contribution in [0.5, 0.6) is 0 Å². The maximum absolute atomic E-state index is 5.91. The second-order valence-corrected chi connectivity index (χ2v) is 3.70. The SMILES string of the molecule is CCC(N)C(C)c1ccc(Cl)cn1. The smallest absolute Gasteiger partial charge is 0.0589 e. The molecule has 0 spiro atoms. The standard InChI is InChI=1S/C10H15ClN2/c1-3-9(12)7(2)10-5-4-8(11)6-13-10/h4-7,9H,3,12H2,1-2H3. The number of aromatic nitrogens is 1. The Kier molecular flexibility index (Phi) is 3.70. The van der Waals surface area contributed by atoms with Gasteiger partial charge in [-0.2, -0.15) is 0 Å². The van der Waals surface area contributed by atoms with Crippen LogP contribution < -0.4 is 5.73 Å². The molecule has 0 radical (unpaired) electrons. The van der Waals surface area contributed by atoms with Crippen LogP contribution in [-0.4, -0.2) is 11.0 Å². The number of nitrogens with zero attached hydrogens (tertiary/aromatic N) is 1. The predicted octanol–water partition coefficient (Wildman–Crippen LogP) is 2.58. The highest BCUT2D eigenvalue weighted by Crippen LogP contribution is 2.18. The molecular formula is C10H15ClN2. The predicted molar refractivity (Wildman–Crippen MR) is 55.9 cm³/mol. The van der Waals surface area contributed by atoms with E-state index in [4.69, 9.17) is 17.3 Å². The van der Waals surface area contributed by atoms with E-state index in [2.05, 4.69) is 18.8 Å². The zero-order chi connectivity index (χ0) is 9.84. The molecule has 2 nitrogen and oxygen atoms in total. The Labute approximate surface area is 84.1 Å². The lowest BCUT2D eigenvalue weighted by Crippen LogP contribution is -2.26. The summed E-state index contributed by atoms with van der Waals surface area (Å²) in [5.74, 6) is 0.294. The van der Waals surface area contributed by atoms with Crippen molar-refractivity contribution in [2.75, 3.05) is 0 Å². The van der Waals surface area contributed by atoms with Crippen LogP contribution in [-0.2, 0) is 0 Å². The van der Waals surface area contributed by atoms with E-state index in [1.807, 2.05) is 12.1 Å². The highest BCUT2D eigenvalue weighted by molar-refractivity contribution is 6.30.